The van der Waals surface area contributed by atoms with Gasteiger partial charge in [-0.1, -0.05) is 12.1 Å². The van der Waals surface area contributed by atoms with Crippen molar-refractivity contribution in [2.24, 2.45) is 0 Å². The Bertz CT molecular complexity index is 2850. The molecular weight excluding hydrogens is 897 g/mol. The number of anilines is 2. The molecule has 0 heterocycles. The van der Waals surface area contributed by atoms with E-state index in [1.165, 1.54) is 91.0 Å². The van der Waals surface area contributed by atoms with Crippen molar-refractivity contribution in [3.63, 3.8) is 0 Å². The number of nitrogens with one attached hydrogen (secondary N) is 2. The van der Waals surface area contributed by atoms with Crippen LogP contribution in [0, 0.1) is 0 Å². The molecule has 17 nitrogen and oxygen atoms in total. The fourth-order valence-corrected chi connectivity index (χ4v) is 7.91. The Morgan fingerprint density at radius 3 is 1.36 bits per heavy atom. The first-order chi connectivity index (χ1) is 25.9. The normalized spacial score (nSPS) is 11.3. The molecule has 0 aromatic heterocycles. The molecule has 0 aliphatic carbocycles. The molecule has 284 valence electrons. The average Bonchev–Trinajstić information content (AvgIpc) is 3.12. The van der Waals surface area contributed by atoms with Crippen molar-refractivity contribution in [3.8, 4) is 11.5 Å². The Morgan fingerprint density at radius 1 is 0.525 bits per heavy atom. The Balaban J connectivity index is 0.00000300. The van der Waals surface area contributed by atoms with E-state index in [2.05, 4.69) is 20.0 Å². The van der Waals surface area contributed by atoms with Crippen LogP contribution in [0.4, 0.5) is 11.4 Å². The number of carbonyl (C=O) groups is 2. The summed E-state index contributed by atoms with van der Waals surface area (Å²) in [6.07, 6.45) is 0. The van der Waals surface area contributed by atoms with E-state index in [-0.39, 0.29) is 167 Å². The van der Waals surface area contributed by atoms with Gasteiger partial charge in [-0.3, -0.25) is 14.6 Å². The van der Waals surface area contributed by atoms with Crippen LogP contribution in [0.25, 0.3) is 21.5 Å². The molecule has 0 radical (unpaired) electrons. The van der Waals surface area contributed by atoms with Crippen molar-refractivity contribution in [1.29, 1.82) is 0 Å². The van der Waals surface area contributed by atoms with Crippen molar-refractivity contribution in [2.45, 2.75) is 19.6 Å². The van der Waals surface area contributed by atoms with Crippen molar-refractivity contribution in [2.75, 3.05) is 10.6 Å². The van der Waals surface area contributed by atoms with Gasteiger partial charge in [0.2, 0.25) is 0 Å². The molecule has 0 fully saturated rings. The molecule has 0 saturated heterocycles. The van der Waals surface area contributed by atoms with E-state index in [1.54, 1.807) is 0 Å². The van der Waals surface area contributed by atoms with Gasteiger partial charge < -0.3 is 34.3 Å². The van der Waals surface area contributed by atoms with E-state index in [0.717, 1.165) is 12.1 Å². The third kappa shape index (κ3) is 13.8. The Labute approximate surface area is 429 Å². The van der Waals surface area contributed by atoms with Crippen molar-refractivity contribution < 1.29 is 186 Å². The van der Waals surface area contributed by atoms with Gasteiger partial charge in [-0.15, -0.1) is 0 Å². The summed E-state index contributed by atoms with van der Waals surface area (Å²) in [5.41, 5.74) is 0.746. The van der Waals surface area contributed by atoms with Crippen LogP contribution in [0.2, 0.25) is 0 Å². The summed E-state index contributed by atoms with van der Waals surface area (Å²) in [5.74, 6) is -0.507. The van der Waals surface area contributed by atoms with Gasteiger partial charge >= 0.3 is 118 Å². The third-order valence-corrected chi connectivity index (χ3v) is 10.9. The number of benzene rings is 6. The van der Waals surface area contributed by atoms with Crippen LogP contribution in [0.5, 0.6) is 11.5 Å². The molecule has 25 heteroatoms. The van der Waals surface area contributed by atoms with Gasteiger partial charge in [0.25, 0.3) is 11.8 Å². The fraction of sp³-hybridized carbons (Fsp3) is 0. The number of hydrogen-bond acceptors (Lipinski definition) is 16. The molecule has 0 aliphatic rings. The van der Waals surface area contributed by atoms with Gasteiger partial charge in [0.15, 0.2) is 0 Å². The molecular formula is C34H20N2Na4O15S4. The van der Waals surface area contributed by atoms with E-state index < -0.39 is 56.9 Å². The molecule has 0 aliphatic heterocycles. The second kappa shape index (κ2) is 22.2. The summed E-state index contributed by atoms with van der Waals surface area (Å²) >= 11 is 0.389. The molecule has 6 rings (SSSR count). The first kappa shape index (κ1) is 53.7. The number of rotatable bonds is 12. The van der Waals surface area contributed by atoms with Gasteiger partial charge in [-0.05, 0) is 119 Å². The van der Waals surface area contributed by atoms with Crippen molar-refractivity contribution in [3.05, 3.63) is 120 Å². The van der Waals surface area contributed by atoms with E-state index in [9.17, 15) is 53.8 Å². The summed E-state index contributed by atoms with van der Waals surface area (Å²) in [6.45, 7) is 0. The standard InChI is InChI=1S/C34H24N2O15S4.4Na/c37-33(35-23-5-11-29-21(13-23)15-27(52-51-50-39)17-31(29)54(43,44)45)19-1-7-25(8-2-19)49-26-9-3-20(4-10-26)34(38)36-24-6-12-30-22(14-24)16-28(53(40,41)42)18-32(30)55(46,47)48;;;;/h1-18,39H,(H,35,37)(H,36,38)(H,40,41,42)(H,43,44,45)(H,46,47,48);;;;/q;4*+1/p-4. The maximum absolute atomic E-state index is 13.0. The first-order valence-electron chi connectivity index (χ1n) is 15.1. The zero-order valence-corrected chi connectivity index (χ0v) is 42.4. The number of carbonyl (C=O) groups excluding carboxylic acids is 2. The maximum atomic E-state index is 13.0. The molecule has 59 heavy (non-hydrogen) atoms. The third-order valence-electron chi connectivity index (χ3n) is 7.75. The number of ether oxygens (including phenoxy) is 1. The van der Waals surface area contributed by atoms with E-state index in [4.69, 9.17) is 4.74 Å². The predicted molar refractivity (Wildman–Crippen MR) is 189 cm³/mol. The van der Waals surface area contributed by atoms with Crippen LogP contribution in [0.3, 0.4) is 0 Å². The van der Waals surface area contributed by atoms with Crippen LogP contribution in [0.1, 0.15) is 20.7 Å². The fourth-order valence-electron chi connectivity index (χ4n) is 5.32. The SMILES string of the molecule is O=C(Nc1ccc2c(S(=O)(=O)[O-])cc(SOO[O-])cc2c1)c1ccc(Oc2ccc(C(=O)Nc3ccc4c(S(=O)(=O)[O-])cc(S(=O)(=O)[O-])cc4c3)cc2)cc1.[Na+].[Na+].[Na+].[Na+]. The number of fused-ring (bicyclic) bond motifs is 2. The molecule has 0 bridgehead atoms. The Morgan fingerprint density at radius 2 is 0.949 bits per heavy atom. The van der Waals surface area contributed by atoms with Crippen LogP contribution in [-0.2, 0) is 39.7 Å². The monoisotopic (exact) mass is 916 g/mol. The van der Waals surface area contributed by atoms with Gasteiger partial charge in [0.1, 0.15) is 41.9 Å². The molecule has 2 amide bonds. The molecule has 0 atom stereocenters. The minimum absolute atomic E-state index is 0. The van der Waals surface area contributed by atoms with Crippen LogP contribution in [0.15, 0.2) is 129 Å². The van der Waals surface area contributed by atoms with E-state index in [0.29, 0.717) is 29.6 Å². The molecule has 2 N–H and O–H groups in total. The summed E-state index contributed by atoms with van der Waals surface area (Å²) in [4.78, 5) is 23.6. The van der Waals surface area contributed by atoms with Crippen molar-refractivity contribution >= 4 is 87.1 Å². The summed E-state index contributed by atoms with van der Waals surface area (Å²) in [7, 11) is -15.2. The zero-order valence-electron chi connectivity index (χ0n) is 31.1. The Kier molecular flexibility index (Phi) is 20.2. The first-order valence-corrected chi connectivity index (χ1v) is 20.0. The topological polar surface area (TPSA) is 281 Å². The predicted octanol–water partition coefficient (Wildman–Crippen LogP) is -7.75. The maximum Gasteiger partial charge on any atom is 1.00 e. The second-order valence-electron chi connectivity index (χ2n) is 11.4. The quantitative estimate of drug-likeness (QED) is 0.0379. The number of hydrogen-bond donors (Lipinski definition) is 2. The molecule has 0 unspecified atom stereocenters. The smallest absolute Gasteiger partial charge is 0.744 e. The number of amides is 2. The van der Waals surface area contributed by atoms with Gasteiger partial charge in [-0.2, -0.15) is 4.33 Å². The summed E-state index contributed by atoms with van der Waals surface area (Å²) in [5, 5.41) is 18.8. The van der Waals surface area contributed by atoms with Crippen LogP contribution >= 0.6 is 12.0 Å². The van der Waals surface area contributed by atoms with Crippen molar-refractivity contribution in [1.82, 2.24) is 0 Å². The second-order valence-corrected chi connectivity index (χ2v) is 16.2. The molecule has 6 aromatic carbocycles. The minimum Gasteiger partial charge on any atom is -0.744 e. The van der Waals surface area contributed by atoms with Crippen LogP contribution in [-0.4, -0.2) is 50.7 Å². The molecule has 0 saturated carbocycles. The van der Waals surface area contributed by atoms with Crippen LogP contribution < -0.4 is 139 Å². The van der Waals surface area contributed by atoms with Gasteiger partial charge in [0, 0.05) is 27.4 Å². The average molecular weight is 917 g/mol. The largest absolute Gasteiger partial charge is 1.00 e. The molecule has 0 spiro atoms. The van der Waals surface area contributed by atoms with Gasteiger partial charge in [-0.25, -0.2) is 25.3 Å². The zero-order chi connectivity index (χ0) is 39.7. The van der Waals surface area contributed by atoms with Gasteiger partial charge in [0.05, 0.1) is 26.7 Å². The summed E-state index contributed by atoms with van der Waals surface area (Å²) in [6, 6.07) is 23.5. The minimum atomic E-state index is -5.15. The Hall–Kier alpha value is -1.46. The van der Waals surface area contributed by atoms with E-state index in [1.807, 2.05) is 0 Å². The molecule has 6 aromatic rings. The summed E-state index contributed by atoms with van der Waals surface area (Å²) < 4.78 is 115. The van der Waals surface area contributed by atoms with E-state index >= 15 is 0 Å².